The molecule has 0 aliphatic heterocycles. The van der Waals surface area contributed by atoms with E-state index in [4.69, 9.17) is 0 Å². The summed E-state index contributed by atoms with van der Waals surface area (Å²) in [7, 11) is 0. The van der Waals surface area contributed by atoms with Crippen LogP contribution in [0.4, 0.5) is 0 Å². The lowest BCUT2D eigenvalue weighted by molar-refractivity contribution is -0.122. The van der Waals surface area contributed by atoms with Crippen molar-refractivity contribution < 1.29 is 4.79 Å². The van der Waals surface area contributed by atoms with Crippen molar-refractivity contribution in [2.24, 2.45) is 5.92 Å². The number of carbonyl (C=O) groups excluding carboxylic acids is 1. The van der Waals surface area contributed by atoms with Crippen LogP contribution in [0.2, 0.25) is 0 Å². The molecule has 138 valence electrons. The van der Waals surface area contributed by atoms with E-state index in [1.807, 2.05) is 38.1 Å². The molecule has 1 saturated carbocycles. The van der Waals surface area contributed by atoms with Gasteiger partial charge in [-0.05, 0) is 32.1 Å². The Morgan fingerprint density at radius 3 is 2.54 bits per heavy atom. The zero-order valence-electron chi connectivity index (χ0n) is 15.4. The molecule has 1 unspecified atom stereocenters. The van der Waals surface area contributed by atoms with E-state index in [-0.39, 0.29) is 17.2 Å². The number of nitrogens with one attached hydrogen (secondary N) is 2. The summed E-state index contributed by atoms with van der Waals surface area (Å²) in [5.74, 6) is 0.902. The normalized spacial score (nSPS) is 15.8. The van der Waals surface area contributed by atoms with Gasteiger partial charge in [0.15, 0.2) is 11.5 Å². The number of benzene rings is 1. The van der Waals surface area contributed by atoms with Crippen LogP contribution in [0.3, 0.4) is 0 Å². The van der Waals surface area contributed by atoms with Crippen LogP contribution < -0.4 is 10.9 Å². The predicted octanol–water partition coefficient (Wildman–Crippen LogP) is 3.29. The molecule has 1 aromatic carbocycles. The van der Waals surface area contributed by atoms with Crippen molar-refractivity contribution in [1.29, 1.82) is 0 Å². The van der Waals surface area contributed by atoms with E-state index in [1.54, 1.807) is 0 Å². The van der Waals surface area contributed by atoms with Gasteiger partial charge in [-0.2, -0.15) is 0 Å². The number of aromatic nitrogens is 3. The van der Waals surface area contributed by atoms with E-state index in [1.165, 1.54) is 12.8 Å². The van der Waals surface area contributed by atoms with Gasteiger partial charge in [0.2, 0.25) is 5.91 Å². The molecule has 26 heavy (non-hydrogen) atoms. The zero-order chi connectivity index (χ0) is 18.5. The first-order valence-corrected chi connectivity index (χ1v) is 9.40. The first-order chi connectivity index (χ1) is 12.6. The van der Waals surface area contributed by atoms with Gasteiger partial charge < -0.3 is 10.3 Å². The highest BCUT2D eigenvalue weighted by atomic mass is 16.2. The number of aryl methyl sites for hydroxylation is 1. The van der Waals surface area contributed by atoms with Crippen molar-refractivity contribution >= 4 is 5.91 Å². The Bertz CT molecular complexity index is 807. The number of hydrogen-bond donors (Lipinski definition) is 2. The molecule has 0 bridgehead atoms. The van der Waals surface area contributed by atoms with Gasteiger partial charge in [0.25, 0.3) is 5.56 Å². The lowest BCUT2D eigenvalue weighted by atomic mass is 10.0. The number of H-pyrrole nitrogens is 1. The molecule has 1 amide bonds. The van der Waals surface area contributed by atoms with Crippen LogP contribution in [0.5, 0.6) is 0 Å². The highest BCUT2D eigenvalue weighted by Crippen LogP contribution is 2.27. The van der Waals surface area contributed by atoms with E-state index in [0.29, 0.717) is 24.6 Å². The molecular weight excluding hydrogens is 328 g/mol. The molecule has 1 aliphatic rings. The van der Waals surface area contributed by atoms with E-state index >= 15 is 0 Å². The summed E-state index contributed by atoms with van der Waals surface area (Å²) in [6.45, 7) is 3.93. The summed E-state index contributed by atoms with van der Waals surface area (Å²) >= 11 is 0. The summed E-state index contributed by atoms with van der Waals surface area (Å²) in [5, 5.41) is 11.2. The molecule has 0 radical (unpaired) electrons. The van der Waals surface area contributed by atoms with Gasteiger partial charge in [-0.1, -0.05) is 49.6 Å². The second kappa shape index (κ2) is 8.25. The standard InChI is InChI=1S/C20H26N4O2/c1-3-16(21-17(25)12-14-6-4-5-7-14)18-20(26)22-19(24-23-18)15-10-8-13(2)9-11-15/h8-11,14,16H,3-7,12H2,1-2H3,(H,21,25)(H,22,24,26). The van der Waals surface area contributed by atoms with Gasteiger partial charge in [0, 0.05) is 12.0 Å². The lowest BCUT2D eigenvalue weighted by Gasteiger charge is -2.17. The fraction of sp³-hybridized carbons (Fsp3) is 0.500. The third kappa shape index (κ3) is 4.36. The second-order valence-electron chi connectivity index (χ2n) is 7.14. The van der Waals surface area contributed by atoms with Gasteiger partial charge >= 0.3 is 0 Å². The van der Waals surface area contributed by atoms with Gasteiger partial charge in [0.05, 0.1) is 6.04 Å². The van der Waals surface area contributed by atoms with Crippen LogP contribution in [-0.2, 0) is 4.79 Å². The number of aromatic amines is 1. The van der Waals surface area contributed by atoms with Crippen molar-refractivity contribution in [3.8, 4) is 11.4 Å². The van der Waals surface area contributed by atoms with Crippen LogP contribution in [0.15, 0.2) is 29.1 Å². The fourth-order valence-electron chi connectivity index (χ4n) is 3.51. The van der Waals surface area contributed by atoms with Crippen molar-refractivity contribution in [2.45, 2.75) is 58.4 Å². The first kappa shape index (κ1) is 18.3. The largest absolute Gasteiger partial charge is 0.347 e. The zero-order valence-corrected chi connectivity index (χ0v) is 15.4. The summed E-state index contributed by atoms with van der Waals surface area (Å²) in [4.78, 5) is 27.6. The van der Waals surface area contributed by atoms with Crippen LogP contribution in [0.25, 0.3) is 11.4 Å². The molecule has 1 aliphatic carbocycles. The van der Waals surface area contributed by atoms with Gasteiger partial charge in [-0.15, -0.1) is 10.2 Å². The maximum absolute atomic E-state index is 12.5. The minimum atomic E-state index is -0.410. The summed E-state index contributed by atoms with van der Waals surface area (Å²) in [6, 6.07) is 7.31. The van der Waals surface area contributed by atoms with E-state index in [9.17, 15) is 9.59 Å². The molecular formula is C20H26N4O2. The Morgan fingerprint density at radius 1 is 1.23 bits per heavy atom. The van der Waals surface area contributed by atoms with Gasteiger partial charge in [-0.3, -0.25) is 9.59 Å². The number of rotatable bonds is 6. The van der Waals surface area contributed by atoms with Crippen molar-refractivity contribution in [3.05, 3.63) is 45.9 Å². The molecule has 2 aromatic rings. The summed E-state index contributed by atoms with van der Waals surface area (Å²) in [6.07, 6.45) is 5.79. The van der Waals surface area contributed by atoms with Crippen molar-refractivity contribution in [1.82, 2.24) is 20.5 Å². The number of hydrogen-bond acceptors (Lipinski definition) is 4. The molecule has 0 saturated heterocycles. The Balaban J connectivity index is 1.72. The number of amides is 1. The number of carbonyl (C=O) groups is 1. The molecule has 3 rings (SSSR count). The smallest absolute Gasteiger partial charge is 0.275 e. The highest BCUT2D eigenvalue weighted by molar-refractivity contribution is 5.76. The molecule has 1 atom stereocenters. The van der Waals surface area contributed by atoms with E-state index < -0.39 is 6.04 Å². The molecule has 6 nitrogen and oxygen atoms in total. The number of nitrogens with zero attached hydrogens (tertiary/aromatic N) is 2. The average molecular weight is 354 g/mol. The maximum atomic E-state index is 12.5. The third-order valence-electron chi connectivity index (χ3n) is 5.07. The SMILES string of the molecule is CCC(NC(=O)CC1CCCC1)c1nnc(-c2ccc(C)cc2)[nH]c1=O. The van der Waals surface area contributed by atoms with Crippen LogP contribution >= 0.6 is 0 Å². The summed E-state index contributed by atoms with van der Waals surface area (Å²) in [5.41, 5.74) is 1.91. The average Bonchev–Trinajstić information content (AvgIpc) is 3.13. The second-order valence-corrected chi connectivity index (χ2v) is 7.14. The topological polar surface area (TPSA) is 87.7 Å². The molecule has 1 heterocycles. The third-order valence-corrected chi connectivity index (χ3v) is 5.07. The molecule has 6 heteroatoms. The quantitative estimate of drug-likeness (QED) is 0.833. The summed E-state index contributed by atoms with van der Waals surface area (Å²) < 4.78 is 0. The van der Waals surface area contributed by atoms with Crippen LogP contribution in [-0.4, -0.2) is 21.1 Å². The molecule has 1 fully saturated rings. The Hall–Kier alpha value is -2.50. The molecule has 2 N–H and O–H groups in total. The van der Waals surface area contributed by atoms with E-state index in [2.05, 4.69) is 20.5 Å². The molecule has 0 spiro atoms. The molecule has 1 aromatic heterocycles. The van der Waals surface area contributed by atoms with Crippen molar-refractivity contribution in [3.63, 3.8) is 0 Å². The Morgan fingerprint density at radius 2 is 1.92 bits per heavy atom. The van der Waals surface area contributed by atoms with Gasteiger partial charge in [0.1, 0.15) is 0 Å². The van der Waals surface area contributed by atoms with Crippen molar-refractivity contribution in [2.75, 3.05) is 0 Å². The minimum absolute atomic E-state index is 0.00689. The van der Waals surface area contributed by atoms with Crippen LogP contribution in [0.1, 0.15) is 62.7 Å². The van der Waals surface area contributed by atoms with Crippen LogP contribution in [0, 0.1) is 12.8 Å². The fourth-order valence-corrected chi connectivity index (χ4v) is 3.51. The maximum Gasteiger partial charge on any atom is 0.275 e. The highest BCUT2D eigenvalue weighted by Gasteiger charge is 2.22. The Labute approximate surface area is 153 Å². The first-order valence-electron chi connectivity index (χ1n) is 9.40. The van der Waals surface area contributed by atoms with Gasteiger partial charge in [-0.25, -0.2) is 0 Å². The van der Waals surface area contributed by atoms with E-state index in [0.717, 1.165) is 24.0 Å². The predicted molar refractivity (Wildman–Crippen MR) is 101 cm³/mol. The lowest BCUT2D eigenvalue weighted by Crippen LogP contribution is -2.34. The Kier molecular flexibility index (Phi) is 5.81. The minimum Gasteiger partial charge on any atom is -0.347 e. The monoisotopic (exact) mass is 354 g/mol.